The zero-order chi connectivity index (χ0) is 9.84. The third-order valence-corrected chi connectivity index (χ3v) is 2.51. The van der Waals surface area contributed by atoms with E-state index in [9.17, 15) is 5.11 Å². The SMILES string of the molecule is CC(C)C(CO)C(N)c1ccc[nH]1. The highest BCUT2D eigenvalue weighted by atomic mass is 16.3. The lowest BCUT2D eigenvalue weighted by Gasteiger charge is -2.24. The maximum Gasteiger partial charge on any atom is 0.0500 e. The number of aromatic nitrogens is 1. The van der Waals surface area contributed by atoms with Crippen molar-refractivity contribution in [3.05, 3.63) is 24.0 Å². The van der Waals surface area contributed by atoms with E-state index in [2.05, 4.69) is 18.8 Å². The quantitative estimate of drug-likeness (QED) is 0.657. The number of rotatable bonds is 4. The third kappa shape index (κ3) is 2.32. The molecule has 0 fully saturated rings. The molecule has 13 heavy (non-hydrogen) atoms. The maximum atomic E-state index is 9.17. The van der Waals surface area contributed by atoms with E-state index in [0.29, 0.717) is 5.92 Å². The Labute approximate surface area is 79.0 Å². The second-order valence-electron chi connectivity index (χ2n) is 3.74. The smallest absolute Gasteiger partial charge is 0.0500 e. The highest BCUT2D eigenvalue weighted by molar-refractivity contribution is 5.09. The van der Waals surface area contributed by atoms with Crippen molar-refractivity contribution in [3.8, 4) is 0 Å². The summed E-state index contributed by atoms with van der Waals surface area (Å²) in [6.07, 6.45) is 1.85. The Balaban J connectivity index is 2.70. The van der Waals surface area contributed by atoms with Crippen molar-refractivity contribution in [2.75, 3.05) is 6.61 Å². The molecule has 0 saturated carbocycles. The zero-order valence-corrected chi connectivity index (χ0v) is 8.20. The lowest BCUT2D eigenvalue weighted by molar-refractivity contribution is 0.164. The van der Waals surface area contributed by atoms with Gasteiger partial charge in [-0.25, -0.2) is 0 Å². The van der Waals surface area contributed by atoms with Gasteiger partial charge in [-0.1, -0.05) is 13.8 Å². The molecule has 1 rings (SSSR count). The first-order valence-corrected chi connectivity index (χ1v) is 4.66. The summed E-state index contributed by atoms with van der Waals surface area (Å²) in [5.41, 5.74) is 7.00. The van der Waals surface area contributed by atoms with E-state index in [4.69, 9.17) is 5.73 Å². The van der Waals surface area contributed by atoms with Gasteiger partial charge in [0.1, 0.15) is 0 Å². The topological polar surface area (TPSA) is 62.0 Å². The minimum absolute atomic E-state index is 0.0972. The second-order valence-corrected chi connectivity index (χ2v) is 3.74. The number of aliphatic hydroxyl groups excluding tert-OH is 1. The average Bonchev–Trinajstić information content (AvgIpc) is 2.56. The van der Waals surface area contributed by atoms with Crippen LogP contribution in [-0.2, 0) is 0 Å². The Kier molecular flexibility index (Phi) is 3.51. The third-order valence-electron chi connectivity index (χ3n) is 2.51. The summed E-state index contributed by atoms with van der Waals surface area (Å²) in [7, 11) is 0. The molecule has 0 aliphatic rings. The van der Waals surface area contributed by atoms with Crippen LogP contribution in [0.4, 0.5) is 0 Å². The van der Waals surface area contributed by atoms with Crippen molar-refractivity contribution in [1.82, 2.24) is 4.98 Å². The fraction of sp³-hybridized carbons (Fsp3) is 0.600. The molecule has 4 N–H and O–H groups in total. The Bertz CT molecular complexity index is 231. The van der Waals surface area contributed by atoms with Crippen molar-refractivity contribution >= 4 is 0 Å². The van der Waals surface area contributed by atoms with Crippen molar-refractivity contribution in [3.63, 3.8) is 0 Å². The Morgan fingerprint density at radius 3 is 2.62 bits per heavy atom. The molecule has 74 valence electrons. The predicted molar refractivity (Wildman–Crippen MR) is 53.1 cm³/mol. The average molecular weight is 182 g/mol. The fourth-order valence-electron chi connectivity index (χ4n) is 1.52. The van der Waals surface area contributed by atoms with E-state index in [1.807, 2.05) is 18.3 Å². The van der Waals surface area contributed by atoms with Crippen LogP contribution in [0.3, 0.4) is 0 Å². The number of H-pyrrole nitrogens is 1. The molecule has 0 saturated heterocycles. The molecule has 2 unspecified atom stereocenters. The molecule has 1 aromatic rings. The molecule has 1 aromatic heterocycles. The van der Waals surface area contributed by atoms with E-state index < -0.39 is 0 Å². The molecular formula is C10H18N2O. The molecule has 0 aromatic carbocycles. The van der Waals surface area contributed by atoms with Crippen LogP contribution in [0.5, 0.6) is 0 Å². The van der Waals surface area contributed by atoms with Crippen LogP contribution in [-0.4, -0.2) is 16.7 Å². The Morgan fingerprint density at radius 2 is 2.23 bits per heavy atom. The first-order valence-electron chi connectivity index (χ1n) is 4.66. The van der Waals surface area contributed by atoms with Gasteiger partial charge >= 0.3 is 0 Å². The van der Waals surface area contributed by atoms with Gasteiger partial charge in [-0.3, -0.25) is 0 Å². The van der Waals surface area contributed by atoms with E-state index in [-0.39, 0.29) is 18.6 Å². The van der Waals surface area contributed by atoms with Gasteiger partial charge in [-0.05, 0) is 18.1 Å². The van der Waals surface area contributed by atoms with Gasteiger partial charge in [-0.15, -0.1) is 0 Å². The largest absolute Gasteiger partial charge is 0.396 e. The van der Waals surface area contributed by atoms with Gasteiger partial charge in [0.15, 0.2) is 0 Å². The molecule has 0 aliphatic heterocycles. The zero-order valence-electron chi connectivity index (χ0n) is 8.20. The van der Waals surface area contributed by atoms with Crippen molar-refractivity contribution < 1.29 is 5.11 Å². The highest BCUT2D eigenvalue weighted by Gasteiger charge is 2.22. The first kappa shape index (κ1) is 10.3. The Morgan fingerprint density at radius 1 is 1.54 bits per heavy atom. The molecule has 0 radical (unpaired) electrons. The second kappa shape index (κ2) is 4.44. The van der Waals surface area contributed by atoms with Crippen molar-refractivity contribution in [1.29, 1.82) is 0 Å². The number of aliphatic hydroxyl groups is 1. The first-order chi connectivity index (χ1) is 6.16. The van der Waals surface area contributed by atoms with Gasteiger partial charge in [0.2, 0.25) is 0 Å². The van der Waals surface area contributed by atoms with Crippen LogP contribution in [0, 0.1) is 11.8 Å². The summed E-state index contributed by atoms with van der Waals surface area (Å²) < 4.78 is 0. The van der Waals surface area contributed by atoms with Crippen LogP contribution >= 0.6 is 0 Å². The van der Waals surface area contributed by atoms with Gasteiger partial charge in [0, 0.05) is 24.4 Å². The number of nitrogens with one attached hydrogen (secondary N) is 1. The summed E-state index contributed by atoms with van der Waals surface area (Å²) in [6.45, 7) is 4.28. The molecule has 3 nitrogen and oxygen atoms in total. The molecular weight excluding hydrogens is 164 g/mol. The summed E-state index contributed by atoms with van der Waals surface area (Å²) in [5, 5.41) is 9.17. The fourth-order valence-corrected chi connectivity index (χ4v) is 1.52. The number of nitrogens with two attached hydrogens (primary N) is 1. The van der Waals surface area contributed by atoms with Gasteiger partial charge < -0.3 is 15.8 Å². The molecule has 0 spiro atoms. The van der Waals surface area contributed by atoms with E-state index in [1.54, 1.807) is 0 Å². The summed E-state index contributed by atoms with van der Waals surface area (Å²) in [5.74, 6) is 0.516. The molecule has 1 heterocycles. The van der Waals surface area contributed by atoms with E-state index in [1.165, 1.54) is 0 Å². The van der Waals surface area contributed by atoms with E-state index >= 15 is 0 Å². The van der Waals surface area contributed by atoms with Crippen LogP contribution < -0.4 is 5.73 Å². The van der Waals surface area contributed by atoms with Gasteiger partial charge in [0.05, 0.1) is 6.04 Å². The number of hydrogen-bond donors (Lipinski definition) is 3. The summed E-state index contributed by atoms with van der Waals surface area (Å²) in [4.78, 5) is 3.07. The minimum Gasteiger partial charge on any atom is -0.396 e. The van der Waals surface area contributed by atoms with E-state index in [0.717, 1.165) is 5.69 Å². The molecule has 2 atom stereocenters. The maximum absolute atomic E-state index is 9.17. The van der Waals surface area contributed by atoms with Crippen LogP contribution in [0.25, 0.3) is 0 Å². The van der Waals surface area contributed by atoms with Crippen LogP contribution in [0.2, 0.25) is 0 Å². The minimum atomic E-state index is -0.0972. The van der Waals surface area contributed by atoms with Gasteiger partial charge in [-0.2, -0.15) is 0 Å². The normalized spacial score (nSPS) is 16.1. The van der Waals surface area contributed by atoms with Crippen LogP contribution in [0.1, 0.15) is 25.6 Å². The molecule has 3 heteroatoms. The summed E-state index contributed by atoms with van der Waals surface area (Å²) >= 11 is 0. The van der Waals surface area contributed by atoms with Crippen LogP contribution in [0.15, 0.2) is 18.3 Å². The lowest BCUT2D eigenvalue weighted by Crippen LogP contribution is -2.28. The Hall–Kier alpha value is -0.800. The summed E-state index contributed by atoms with van der Waals surface area (Å²) in [6, 6.07) is 3.78. The molecule has 0 aliphatic carbocycles. The predicted octanol–water partition coefficient (Wildman–Crippen LogP) is 1.28. The molecule has 0 bridgehead atoms. The molecule has 0 amide bonds. The van der Waals surface area contributed by atoms with Crippen molar-refractivity contribution in [2.45, 2.75) is 19.9 Å². The highest BCUT2D eigenvalue weighted by Crippen LogP contribution is 2.24. The number of hydrogen-bond acceptors (Lipinski definition) is 2. The van der Waals surface area contributed by atoms with Crippen molar-refractivity contribution in [2.24, 2.45) is 17.6 Å². The van der Waals surface area contributed by atoms with Gasteiger partial charge in [0.25, 0.3) is 0 Å². The monoisotopic (exact) mass is 182 g/mol. The standard InChI is InChI=1S/C10H18N2O/c1-7(2)8(6-13)10(11)9-4-3-5-12-9/h3-5,7-8,10,12-13H,6,11H2,1-2H3. The number of aromatic amines is 1. The lowest BCUT2D eigenvalue weighted by atomic mass is 9.88.